The molecule has 0 saturated carbocycles. The van der Waals surface area contributed by atoms with Gasteiger partial charge in [-0.15, -0.1) is 10.2 Å². The Balaban J connectivity index is 2.01. The predicted molar refractivity (Wildman–Crippen MR) is 86.2 cm³/mol. The van der Waals surface area contributed by atoms with Crippen LogP contribution in [0.15, 0.2) is 31.8 Å². The highest BCUT2D eigenvalue weighted by molar-refractivity contribution is 8.00. The number of aryl methyl sites for hydroxylation is 3. The molecule has 0 aliphatic rings. The quantitative estimate of drug-likeness (QED) is 0.542. The summed E-state index contributed by atoms with van der Waals surface area (Å²) in [5.74, 6) is 0.680. The van der Waals surface area contributed by atoms with Crippen molar-refractivity contribution in [3.63, 3.8) is 0 Å². The summed E-state index contributed by atoms with van der Waals surface area (Å²) in [6, 6.07) is 5.64. The standard InChI is InChI=1S/C15H14N2O2S2/c1-8-4-5-12-11(6-13(18)19-14(12)9(8)2)7-20-15-17-16-10(3)21-15/h4-6H,7H2,1-3H3. The van der Waals surface area contributed by atoms with Gasteiger partial charge in [-0.2, -0.15) is 0 Å². The van der Waals surface area contributed by atoms with Gasteiger partial charge in [0.25, 0.3) is 0 Å². The van der Waals surface area contributed by atoms with Crippen molar-refractivity contribution in [1.82, 2.24) is 10.2 Å². The topological polar surface area (TPSA) is 56.0 Å². The molecule has 0 saturated heterocycles. The molecule has 6 heteroatoms. The van der Waals surface area contributed by atoms with Crippen molar-refractivity contribution < 1.29 is 4.42 Å². The number of rotatable bonds is 3. The summed E-state index contributed by atoms with van der Waals surface area (Å²) in [6.07, 6.45) is 0. The summed E-state index contributed by atoms with van der Waals surface area (Å²) in [5, 5.41) is 10.0. The van der Waals surface area contributed by atoms with Crippen LogP contribution < -0.4 is 5.63 Å². The Kier molecular flexibility index (Phi) is 3.82. The Morgan fingerprint density at radius 2 is 2.05 bits per heavy atom. The molecule has 2 heterocycles. The lowest BCUT2D eigenvalue weighted by Gasteiger charge is -2.08. The van der Waals surface area contributed by atoms with Crippen molar-refractivity contribution in [3.05, 3.63) is 50.3 Å². The molecule has 4 nitrogen and oxygen atoms in total. The van der Waals surface area contributed by atoms with Crippen LogP contribution in [0.3, 0.4) is 0 Å². The van der Waals surface area contributed by atoms with Crippen molar-refractivity contribution in [2.75, 3.05) is 0 Å². The van der Waals surface area contributed by atoms with Crippen LogP contribution in [0.2, 0.25) is 0 Å². The Morgan fingerprint density at radius 3 is 2.76 bits per heavy atom. The van der Waals surface area contributed by atoms with Crippen LogP contribution in [0.25, 0.3) is 11.0 Å². The van der Waals surface area contributed by atoms with Gasteiger partial charge in [0.05, 0.1) is 0 Å². The van der Waals surface area contributed by atoms with Crippen molar-refractivity contribution in [2.45, 2.75) is 30.9 Å². The molecular formula is C15H14N2O2S2. The second-order valence-corrected chi connectivity index (χ2v) is 7.25. The number of benzene rings is 1. The monoisotopic (exact) mass is 318 g/mol. The van der Waals surface area contributed by atoms with E-state index in [-0.39, 0.29) is 5.63 Å². The number of nitrogens with zero attached hydrogens (tertiary/aromatic N) is 2. The molecule has 0 N–H and O–H groups in total. The molecule has 0 bridgehead atoms. The van der Waals surface area contributed by atoms with Crippen LogP contribution in [0.5, 0.6) is 0 Å². The first kappa shape index (κ1) is 14.3. The van der Waals surface area contributed by atoms with Crippen LogP contribution in [0.1, 0.15) is 21.7 Å². The summed E-state index contributed by atoms with van der Waals surface area (Å²) in [7, 11) is 0. The smallest absolute Gasteiger partial charge is 0.336 e. The van der Waals surface area contributed by atoms with Gasteiger partial charge in [-0.05, 0) is 37.5 Å². The number of aromatic nitrogens is 2. The molecule has 1 aromatic carbocycles. The molecule has 3 rings (SSSR count). The van der Waals surface area contributed by atoms with E-state index in [2.05, 4.69) is 16.3 Å². The number of hydrogen-bond donors (Lipinski definition) is 0. The molecular weight excluding hydrogens is 304 g/mol. The number of hydrogen-bond acceptors (Lipinski definition) is 6. The lowest BCUT2D eigenvalue weighted by atomic mass is 10.0. The van der Waals surface area contributed by atoms with Crippen LogP contribution in [-0.2, 0) is 5.75 Å². The van der Waals surface area contributed by atoms with Crippen molar-refractivity contribution in [1.29, 1.82) is 0 Å². The second-order valence-electron chi connectivity index (χ2n) is 4.85. The molecule has 0 aliphatic carbocycles. The third-order valence-electron chi connectivity index (χ3n) is 3.38. The van der Waals surface area contributed by atoms with Crippen LogP contribution in [0, 0.1) is 20.8 Å². The van der Waals surface area contributed by atoms with Gasteiger partial charge in [0.1, 0.15) is 10.6 Å². The zero-order valence-electron chi connectivity index (χ0n) is 12.0. The minimum absolute atomic E-state index is 0.305. The zero-order chi connectivity index (χ0) is 15.0. The highest BCUT2D eigenvalue weighted by Crippen LogP contribution is 2.29. The van der Waals surface area contributed by atoms with Crippen molar-refractivity contribution in [2.24, 2.45) is 0 Å². The first-order valence-electron chi connectivity index (χ1n) is 6.50. The molecule has 0 spiro atoms. The molecule has 21 heavy (non-hydrogen) atoms. The van der Waals surface area contributed by atoms with E-state index in [0.29, 0.717) is 11.3 Å². The lowest BCUT2D eigenvalue weighted by molar-refractivity contribution is 0.557. The summed E-state index contributed by atoms with van der Waals surface area (Å²) in [6.45, 7) is 5.92. The van der Waals surface area contributed by atoms with Crippen molar-refractivity contribution >= 4 is 34.1 Å². The molecule has 0 fully saturated rings. The normalized spacial score (nSPS) is 11.2. The summed E-state index contributed by atoms with van der Waals surface area (Å²) < 4.78 is 6.29. The lowest BCUT2D eigenvalue weighted by Crippen LogP contribution is -2.01. The van der Waals surface area contributed by atoms with Gasteiger partial charge in [-0.3, -0.25) is 0 Å². The van der Waals surface area contributed by atoms with E-state index in [1.54, 1.807) is 29.2 Å². The summed E-state index contributed by atoms with van der Waals surface area (Å²) in [5.41, 5.74) is 3.49. The van der Waals surface area contributed by atoms with Crippen LogP contribution in [-0.4, -0.2) is 10.2 Å². The fourth-order valence-electron chi connectivity index (χ4n) is 2.12. The zero-order valence-corrected chi connectivity index (χ0v) is 13.6. The Bertz CT molecular complexity index is 868. The maximum Gasteiger partial charge on any atom is 0.336 e. The predicted octanol–water partition coefficient (Wildman–Crippen LogP) is 3.86. The highest BCUT2D eigenvalue weighted by Gasteiger charge is 2.11. The van der Waals surface area contributed by atoms with Crippen LogP contribution in [0.4, 0.5) is 0 Å². The molecule has 0 aliphatic heterocycles. The largest absolute Gasteiger partial charge is 0.422 e. The first-order chi connectivity index (χ1) is 10.0. The average Bonchev–Trinajstić information content (AvgIpc) is 2.86. The molecule has 0 amide bonds. The van der Waals surface area contributed by atoms with Crippen LogP contribution >= 0.6 is 23.1 Å². The van der Waals surface area contributed by atoms with E-state index in [4.69, 9.17) is 4.42 Å². The molecule has 2 aromatic heterocycles. The van der Waals surface area contributed by atoms with Gasteiger partial charge in [-0.1, -0.05) is 35.2 Å². The maximum atomic E-state index is 11.8. The molecule has 108 valence electrons. The minimum atomic E-state index is -0.305. The fourth-order valence-corrected chi connectivity index (χ4v) is 3.93. The molecule has 3 aromatic rings. The van der Waals surface area contributed by atoms with Gasteiger partial charge in [0.2, 0.25) is 0 Å². The number of thioether (sulfide) groups is 1. The molecule has 0 atom stereocenters. The van der Waals surface area contributed by atoms with E-state index in [9.17, 15) is 4.79 Å². The first-order valence-corrected chi connectivity index (χ1v) is 8.30. The van der Waals surface area contributed by atoms with Gasteiger partial charge in [0.15, 0.2) is 4.34 Å². The average molecular weight is 318 g/mol. The maximum absolute atomic E-state index is 11.8. The Morgan fingerprint density at radius 1 is 1.24 bits per heavy atom. The summed E-state index contributed by atoms with van der Waals surface area (Å²) in [4.78, 5) is 11.8. The minimum Gasteiger partial charge on any atom is -0.422 e. The fraction of sp³-hybridized carbons (Fsp3) is 0.267. The number of fused-ring (bicyclic) bond motifs is 1. The van der Waals surface area contributed by atoms with Crippen molar-refractivity contribution in [3.8, 4) is 0 Å². The third kappa shape index (κ3) is 2.87. The van der Waals surface area contributed by atoms with Gasteiger partial charge in [-0.25, -0.2) is 4.79 Å². The summed E-state index contributed by atoms with van der Waals surface area (Å²) >= 11 is 3.15. The van der Waals surface area contributed by atoms with Gasteiger partial charge >= 0.3 is 5.63 Å². The van der Waals surface area contributed by atoms with E-state index in [1.165, 1.54) is 0 Å². The van der Waals surface area contributed by atoms with Gasteiger partial charge < -0.3 is 4.42 Å². The van der Waals surface area contributed by atoms with Gasteiger partial charge in [0, 0.05) is 17.2 Å². The second kappa shape index (κ2) is 5.61. The van der Waals surface area contributed by atoms with E-state index in [1.807, 2.05) is 26.8 Å². The highest BCUT2D eigenvalue weighted by atomic mass is 32.2. The Labute approximate surface area is 130 Å². The molecule has 0 radical (unpaired) electrons. The Hall–Kier alpha value is -1.66. The third-order valence-corrected chi connectivity index (χ3v) is 5.40. The van der Waals surface area contributed by atoms with E-state index < -0.39 is 0 Å². The van der Waals surface area contributed by atoms with E-state index >= 15 is 0 Å². The molecule has 0 unspecified atom stereocenters. The SMILES string of the molecule is Cc1nnc(SCc2cc(=O)oc3c(C)c(C)ccc23)s1. The van der Waals surface area contributed by atoms with E-state index in [0.717, 1.165) is 31.4 Å².